The average molecular weight is 2030 g/mol. The molecule has 2 fully saturated rings. The summed E-state index contributed by atoms with van der Waals surface area (Å²) in [4.78, 5) is 87.0. The van der Waals surface area contributed by atoms with Crippen molar-refractivity contribution in [2.24, 2.45) is 0 Å². The van der Waals surface area contributed by atoms with Crippen molar-refractivity contribution in [3.05, 3.63) is 343 Å². The smallest absolute Gasteiger partial charge is 0.324 e. The van der Waals surface area contributed by atoms with Gasteiger partial charge >= 0.3 is 18.1 Å². The Morgan fingerprint density at radius 1 is 0.336 bits per heavy atom. The van der Waals surface area contributed by atoms with Gasteiger partial charge in [-0.3, -0.25) is 45.1 Å². The maximum Gasteiger partial charge on any atom is 0.324 e. The van der Waals surface area contributed by atoms with Gasteiger partial charge in [0, 0.05) is 136 Å². The maximum absolute atomic E-state index is 13.5. The van der Waals surface area contributed by atoms with Gasteiger partial charge in [0.15, 0.2) is 0 Å². The molecule has 38 heteroatoms. The third-order valence-corrected chi connectivity index (χ3v) is 27.5. The molecule has 4 aromatic heterocycles. The van der Waals surface area contributed by atoms with Gasteiger partial charge in [0.05, 0.1) is 93.2 Å². The first-order valence-corrected chi connectivity index (χ1v) is 51.6. The number of nitrogens with one attached hydrogen (secondary N) is 9. The molecule has 756 valence electrons. The van der Waals surface area contributed by atoms with Crippen LogP contribution in [0.15, 0.2) is 318 Å². The molecular weight excluding hydrogens is 1920 g/mol. The van der Waals surface area contributed by atoms with Crippen LogP contribution in [-0.4, -0.2) is 191 Å². The molecule has 0 saturated carbocycles. The molecule has 35 nitrogen and oxygen atoms in total. The van der Waals surface area contributed by atoms with Gasteiger partial charge in [-0.25, -0.2) is 67.8 Å². The summed E-state index contributed by atoms with van der Waals surface area (Å²) in [7, 11) is -12.1. The molecule has 6 heterocycles. The Morgan fingerprint density at radius 3 is 0.993 bits per heavy atom. The van der Waals surface area contributed by atoms with E-state index in [0.717, 1.165) is 122 Å². The highest BCUT2D eigenvalue weighted by Gasteiger charge is 2.30. The zero-order valence-corrected chi connectivity index (χ0v) is 84.4. The second-order valence-corrected chi connectivity index (χ2v) is 42.3. The van der Waals surface area contributed by atoms with E-state index in [2.05, 4.69) is 60.9 Å². The van der Waals surface area contributed by atoms with E-state index >= 15 is 0 Å². The van der Waals surface area contributed by atoms with Crippen LogP contribution in [-0.2, 0) is 62.2 Å². The molecule has 0 atom stereocenters. The lowest BCUT2D eigenvalue weighted by Gasteiger charge is -2.26. The molecule has 2 aliphatic rings. The van der Waals surface area contributed by atoms with E-state index in [1.807, 2.05) is 147 Å². The van der Waals surface area contributed by atoms with Crippen LogP contribution in [0.4, 0.5) is 48.9 Å². The summed E-state index contributed by atoms with van der Waals surface area (Å²) in [5, 5.41) is 35.1. The molecule has 0 spiro atoms. The SMILES string of the molecule is CC(C)(C)c1cc(NC(=O)Nc2ccc(OCCN3CCOCC3)c3ccccc23)n(-c2ccc(C(=O)NS(=O)(=O)c3ccccc3)cc2)n1.CC(C)(C)c1cc(NC(=O)Nc2ccc(OCCN3CCOCC3)cc2)n(-c2ccc(C(=O)NS(=O)(=O)c3ccccc3)cc2)n1.CC(C)(C)c1cc(NC(=O)Nc2ccc(OCCc3ccncc3)c3ccccc23)n(-c2ccc(C(=O)NS(=O)(=O)c3ccccc3)cc2)n1. The largest absolute Gasteiger partial charge is 0.493 e. The van der Waals surface area contributed by atoms with Gasteiger partial charge in [-0.05, 0) is 175 Å². The molecular formula is C108H114N18O17S3. The number of carbonyl (C=O) groups is 6. The molecule has 146 heavy (non-hydrogen) atoms. The number of nitrogens with zero attached hydrogens (tertiary/aromatic N) is 9. The third kappa shape index (κ3) is 27.7. The Hall–Kier alpha value is -16.0. The number of carbonyl (C=O) groups excluding carboxylic acids is 6. The number of benzene rings is 11. The lowest BCUT2D eigenvalue weighted by Crippen LogP contribution is -2.38. The van der Waals surface area contributed by atoms with E-state index in [-0.39, 0.29) is 47.6 Å². The fourth-order valence-electron chi connectivity index (χ4n) is 15.4. The number of anilines is 6. The highest BCUT2D eigenvalue weighted by atomic mass is 32.2. The van der Waals surface area contributed by atoms with Gasteiger partial charge in [-0.15, -0.1) is 0 Å². The standard InChI is InChI=1S/C38H36N6O5S.C37H40N6O6S.C33H38N6O6S/c1-38(2,3)34-25-35(44(42-34)28-15-13-27(14-16-28)36(45)43-50(47,48)29-9-5-4-6-10-29)41-37(46)40-32-17-18-33(31-12-8-7-11-30(31)32)49-24-21-26-19-22-39-23-20-26;1-37(2,3)33-25-34(43(40-33)27-15-13-26(14-16-27)35(44)41-50(46,47)28-9-5-4-6-10-28)39-36(45)38-31-17-18-32(30-12-8-7-11-29(30)31)49-24-21-42-19-22-48-23-20-42;1-33(2,3)29-23-30(35-32(41)34-25-11-15-27(16-12-25)45-22-19-38-17-20-44-21-18-38)39(36-29)26-13-9-24(10-14-26)31(40)37-46(42,43)28-7-5-4-6-8-28/h4-20,22-23,25H,21,24H2,1-3H3,(H,43,45)(H2,40,41,46);4-18,25H,19-24H2,1-3H3,(H,41,44)(H2,38,39,45);4-16,23H,17-22H2,1-3H3,(H,37,40)(H2,34,35,41). The van der Waals surface area contributed by atoms with Crippen LogP contribution < -0.4 is 60.3 Å². The molecule has 9 N–H and O–H groups in total. The summed E-state index contributed by atoms with van der Waals surface area (Å²) in [6.45, 7) is 27.9. The molecule has 2 saturated heterocycles. The van der Waals surface area contributed by atoms with Gasteiger partial charge in [0.1, 0.15) is 47.9 Å². The van der Waals surface area contributed by atoms with Crippen molar-refractivity contribution in [2.75, 3.05) is 117 Å². The normalized spacial score (nSPS) is 13.1. The maximum atomic E-state index is 13.5. The number of fused-ring (bicyclic) bond motifs is 2. The number of morpholine rings is 2. The van der Waals surface area contributed by atoms with E-state index in [4.69, 9.17) is 39.0 Å². The monoisotopic (exact) mass is 2030 g/mol. The van der Waals surface area contributed by atoms with Crippen molar-refractivity contribution in [3.63, 3.8) is 0 Å². The molecule has 0 aliphatic carbocycles. The fraction of sp³-hybridized carbons (Fsp3) is 0.241. The van der Waals surface area contributed by atoms with E-state index in [1.54, 1.807) is 160 Å². The summed E-state index contributed by atoms with van der Waals surface area (Å²) in [6.07, 6.45) is 4.25. The second-order valence-electron chi connectivity index (χ2n) is 37.2. The van der Waals surface area contributed by atoms with Crippen LogP contribution in [0.3, 0.4) is 0 Å². The van der Waals surface area contributed by atoms with E-state index < -0.39 is 65.9 Å². The number of urea groups is 3. The van der Waals surface area contributed by atoms with Gasteiger partial charge in [0.2, 0.25) is 0 Å². The Labute approximate surface area is 846 Å². The van der Waals surface area contributed by atoms with Gasteiger partial charge in [-0.2, -0.15) is 15.3 Å². The van der Waals surface area contributed by atoms with Crippen molar-refractivity contribution < 1.29 is 77.7 Å². The van der Waals surface area contributed by atoms with Crippen molar-refractivity contribution in [1.82, 2.24) is 58.3 Å². The Bertz CT molecular complexity index is 7490. The number of amides is 9. The predicted molar refractivity (Wildman–Crippen MR) is 561 cm³/mol. The summed E-state index contributed by atoms with van der Waals surface area (Å²) in [5.74, 6) is 1.07. The zero-order valence-electron chi connectivity index (χ0n) is 82.0. The lowest BCUT2D eigenvalue weighted by atomic mass is 9.92. The highest BCUT2D eigenvalue weighted by Crippen LogP contribution is 2.37. The second kappa shape index (κ2) is 46.6. The Kier molecular flexibility index (Phi) is 33.3. The van der Waals surface area contributed by atoms with Crippen molar-refractivity contribution >= 4 is 122 Å². The Morgan fingerprint density at radius 2 is 0.651 bits per heavy atom. The number of hydrogen-bond acceptors (Lipinski definition) is 23. The van der Waals surface area contributed by atoms with E-state index in [1.165, 1.54) is 72.8 Å². The van der Waals surface area contributed by atoms with E-state index in [0.29, 0.717) is 82.9 Å². The molecule has 0 bridgehead atoms. The molecule has 2 aliphatic heterocycles. The van der Waals surface area contributed by atoms with Crippen LogP contribution in [0.5, 0.6) is 17.2 Å². The van der Waals surface area contributed by atoms with Gasteiger partial charge in [0.25, 0.3) is 47.8 Å². The topological polar surface area (TPSA) is 432 Å². The number of hydrogen-bond donors (Lipinski definition) is 9. The molecule has 0 unspecified atom stereocenters. The van der Waals surface area contributed by atoms with Crippen LogP contribution in [0.2, 0.25) is 0 Å². The predicted octanol–water partition coefficient (Wildman–Crippen LogP) is 17.5. The number of sulfonamides is 3. The molecule has 17 rings (SSSR count). The molecule has 11 aromatic carbocycles. The lowest BCUT2D eigenvalue weighted by molar-refractivity contribution is 0.0322. The van der Waals surface area contributed by atoms with Crippen LogP contribution >= 0.6 is 0 Å². The highest BCUT2D eigenvalue weighted by molar-refractivity contribution is 7.90. The summed E-state index contributed by atoms with van der Waals surface area (Å²) < 4.78 is 116. The summed E-state index contributed by atoms with van der Waals surface area (Å²) in [6, 6.07) is 79.6. The quantitative estimate of drug-likeness (QED) is 0.0202. The summed E-state index contributed by atoms with van der Waals surface area (Å²) in [5.41, 5.74) is 6.22. The minimum absolute atomic E-state index is 0.0102. The molecule has 0 radical (unpaired) electrons. The third-order valence-electron chi connectivity index (χ3n) is 23.4. The van der Waals surface area contributed by atoms with E-state index in [9.17, 15) is 54.0 Å². The minimum Gasteiger partial charge on any atom is -0.493 e. The van der Waals surface area contributed by atoms with Crippen LogP contribution in [0.25, 0.3) is 38.6 Å². The Balaban J connectivity index is 0.000000165. The first-order chi connectivity index (χ1) is 69.9. The van der Waals surface area contributed by atoms with Crippen LogP contribution in [0.1, 0.15) is 116 Å². The average Bonchev–Trinajstić information content (AvgIpc) is 1.57. The first-order valence-electron chi connectivity index (χ1n) is 47.2. The minimum atomic E-state index is -4.04. The number of aromatic nitrogens is 7. The molecule has 9 amide bonds. The first kappa shape index (κ1) is 104. The number of pyridine rings is 1. The van der Waals surface area contributed by atoms with Crippen molar-refractivity contribution in [2.45, 2.75) is 99.7 Å². The number of rotatable bonds is 30. The molecule has 15 aromatic rings. The van der Waals surface area contributed by atoms with Gasteiger partial charge < -0.3 is 39.6 Å². The zero-order chi connectivity index (χ0) is 103. The van der Waals surface area contributed by atoms with Crippen molar-refractivity contribution in [3.8, 4) is 34.3 Å². The van der Waals surface area contributed by atoms with Crippen molar-refractivity contribution in [1.29, 1.82) is 0 Å². The fourth-order valence-corrected chi connectivity index (χ4v) is 18.4. The van der Waals surface area contributed by atoms with Gasteiger partial charge in [-0.1, -0.05) is 165 Å². The summed E-state index contributed by atoms with van der Waals surface area (Å²) >= 11 is 0. The number of ether oxygens (including phenoxy) is 5. The van der Waals surface area contributed by atoms with Crippen LogP contribution in [0, 0.1) is 0 Å².